The molecule has 0 aromatic heterocycles. The highest BCUT2D eigenvalue weighted by Gasteiger charge is 2.12. The number of carbonyl (C=O) groups is 1. The molecule has 1 N–H and O–H groups in total. The molecule has 1 aromatic carbocycles. The molecular formula is C11H14B5O3. The van der Waals surface area contributed by atoms with Crippen molar-refractivity contribution < 1.29 is 14.6 Å². The second-order valence-electron chi connectivity index (χ2n) is 3.95. The first-order valence-electron chi connectivity index (χ1n) is 5.88. The number of esters is 1. The van der Waals surface area contributed by atoms with Crippen molar-refractivity contribution in [3.63, 3.8) is 0 Å². The number of ether oxygens (including phenoxy) is 1. The fraction of sp³-hybridized carbons (Fsp3) is 0.364. The summed E-state index contributed by atoms with van der Waals surface area (Å²) in [5, 5.41) is 8.70. The third-order valence-electron chi connectivity index (χ3n) is 2.12. The Hall–Kier alpha value is -1.03. The van der Waals surface area contributed by atoms with Crippen LogP contribution in [0.1, 0.15) is 12.5 Å². The lowest BCUT2D eigenvalue weighted by Gasteiger charge is -2.08. The van der Waals surface area contributed by atoms with Crippen molar-refractivity contribution in [1.82, 2.24) is 0 Å². The summed E-state index contributed by atoms with van der Waals surface area (Å²) in [6.07, 6.45) is -0.463. The van der Waals surface area contributed by atoms with Gasteiger partial charge in [0.1, 0.15) is 6.61 Å². The second kappa shape index (κ2) is 10.9. The Kier molecular flexibility index (Phi) is 10.3. The summed E-state index contributed by atoms with van der Waals surface area (Å²) < 4.78 is 4.98. The minimum atomic E-state index is -0.463. The van der Waals surface area contributed by atoms with Gasteiger partial charge in [-0.1, -0.05) is 30.3 Å². The van der Waals surface area contributed by atoms with Gasteiger partial charge in [-0.2, -0.15) is 0 Å². The average Bonchev–Trinajstić information content (AvgIpc) is 2.45. The molecule has 19 heavy (non-hydrogen) atoms. The largest absolute Gasteiger partial charge is 0.461 e. The Morgan fingerprint density at radius 3 is 2.37 bits per heavy atom. The number of aliphatic hydroxyl groups excluding tert-OH is 1. The van der Waals surface area contributed by atoms with Crippen molar-refractivity contribution >= 4 is 42.6 Å². The molecule has 1 rings (SSSR count). The Labute approximate surface area is 120 Å². The first-order valence-corrected chi connectivity index (χ1v) is 5.88. The lowest BCUT2D eigenvalue weighted by Crippen LogP contribution is -2.23. The van der Waals surface area contributed by atoms with Gasteiger partial charge < -0.3 is 9.84 Å². The van der Waals surface area contributed by atoms with Gasteiger partial charge in [-0.25, -0.2) is 0 Å². The zero-order valence-corrected chi connectivity index (χ0v) is 11.0. The van der Waals surface area contributed by atoms with E-state index in [-0.39, 0.29) is 19.2 Å². The van der Waals surface area contributed by atoms with Crippen LogP contribution in [0, 0.1) is 5.92 Å². The first kappa shape index (κ1) is 18.0. The minimum absolute atomic E-state index is 0.173. The van der Waals surface area contributed by atoms with Crippen LogP contribution in [0.15, 0.2) is 30.3 Å². The molecule has 0 saturated heterocycles. The molecule has 8 heteroatoms. The summed E-state index contributed by atoms with van der Waals surface area (Å²) in [7, 11) is 15.8. The van der Waals surface area contributed by atoms with Crippen molar-refractivity contribution in [3.05, 3.63) is 35.9 Å². The van der Waals surface area contributed by atoms with E-state index in [2.05, 4.69) is 0 Å². The van der Waals surface area contributed by atoms with Crippen molar-refractivity contribution in [3.8, 4) is 0 Å². The number of carbonyl (C=O) groups excluding carboxylic acids is 1. The van der Waals surface area contributed by atoms with E-state index in [0.717, 1.165) is 5.56 Å². The van der Waals surface area contributed by atoms with Crippen LogP contribution < -0.4 is 0 Å². The molecule has 0 spiro atoms. The average molecular weight is 248 g/mol. The van der Waals surface area contributed by atoms with Crippen LogP contribution in [0.25, 0.3) is 0 Å². The van der Waals surface area contributed by atoms with Crippen LogP contribution in [-0.4, -0.2) is 54.3 Å². The Morgan fingerprint density at radius 1 is 1.42 bits per heavy atom. The summed E-state index contributed by atoms with van der Waals surface area (Å²) in [5.41, 5.74) is 0.950. The monoisotopic (exact) mass is 249 g/mol. The molecule has 1 atom stereocenters. The molecule has 91 valence electrons. The van der Waals surface area contributed by atoms with E-state index in [4.69, 9.17) is 33.1 Å². The van der Waals surface area contributed by atoms with Gasteiger partial charge in [0.05, 0.1) is 12.5 Å². The van der Waals surface area contributed by atoms with Gasteiger partial charge in [-0.15, -0.1) is 0 Å². The van der Waals surface area contributed by atoms with E-state index < -0.39 is 12.3 Å². The van der Waals surface area contributed by atoms with Gasteiger partial charge in [0.15, 0.2) is 0 Å². The summed E-state index contributed by atoms with van der Waals surface area (Å²) in [4.78, 5) is 11.2. The maximum absolute atomic E-state index is 11.2. The highest BCUT2D eigenvalue weighted by atomic mass is 16.5. The third kappa shape index (κ3) is 9.54. The summed E-state index contributed by atoms with van der Waals surface area (Å²) in [6.45, 7) is 1.73. The van der Waals surface area contributed by atoms with Gasteiger partial charge in [0, 0.05) is 36.7 Å². The predicted molar refractivity (Wildman–Crippen MR) is 81.3 cm³/mol. The quantitative estimate of drug-likeness (QED) is 0.562. The molecule has 7 radical (unpaired) electrons. The Balaban J connectivity index is 0.000000555. The van der Waals surface area contributed by atoms with Crippen LogP contribution in [-0.2, 0) is 16.1 Å². The lowest BCUT2D eigenvalue weighted by atomic mass is 8.97. The number of benzene rings is 1. The number of hydrogen-bond donors (Lipinski definition) is 1. The van der Waals surface area contributed by atoms with Crippen molar-refractivity contribution in [1.29, 1.82) is 0 Å². The predicted octanol–water partition coefficient (Wildman–Crippen LogP) is -0.546. The van der Waals surface area contributed by atoms with Gasteiger partial charge in [-0.05, 0) is 12.5 Å². The molecular weight excluding hydrogens is 234 g/mol. The first-order chi connectivity index (χ1) is 9.01. The second-order valence-corrected chi connectivity index (χ2v) is 3.95. The van der Waals surface area contributed by atoms with Gasteiger partial charge in [0.2, 0.25) is 0 Å². The highest BCUT2D eigenvalue weighted by Crippen LogP contribution is 2.03. The lowest BCUT2D eigenvalue weighted by molar-refractivity contribution is -0.150. The summed E-state index contributed by atoms with van der Waals surface area (Å²) in [6, 6.07) is 9.45. The van der Waals surface area contributed by atoms with Gasteiger partial charge in [-0.3, -0.25) is 4.79 Å². The summed E-state index contributed by atoms with van der Waals surface area (Å²) >= 11 is 0. The summed E-state index contributed by atoms with van der Waals surface area (Å²) in [5.74, 6) is -0.810. The Morgan fingerprint density at radius 2 is 1.95 bits per heavy atom. The Bertz CT molecular complexity index is 347. The molecule has 0 aliphatic carbocycles. The number of rotatable bonds is 5. The molecule has 0 amide bonds. The van der Waals surface area contributed by atoms with E-state index in [1.54, 1.807) is 6.92 Å². The fourth-order valence-electron chi connectivity index (χ4n) is 0.945. The highest BCUT2D eigenvalue weighted by molar-refractivity contribution is 7.60. The van der Waals surface area contributed by atoms with E-state index in [0.29, 0.717) is 0 Å². The molecule has 0 aliphatic rings. The fourth-order valence-corrected chi connectivity index (χ4v) is 0.945. The molecule has 3 nitrogen and oxygen atoms in total. The van der Waals surface area contributed by atoms with Crippen molar-refractivity contribution in [2.75, 3.05) is 6.61 Å². The minimum Gasteiger partial charge on any atom is -0.461 e. The molecule has 0 heterocycles. The molecule has 0 bridgehead atoms. The number of aliphatic hydroxyl groups is 1. The van der Waals surface area contributed by atoms with E-state index >= 15 is 0 Å². The normalized spacial score (nSPS) is 10.6. The SMILES string of the molecule is C[C@H](CO)C(=O)OCc1ccccc1.[B][B]B([B])[B]. The van der Waals surface area contributed by atoms with Crippen molar-refractivity contribution in [2.24, 2.45) is 5.92 Å². The van der Waals surface area contributed by atoms with Crippen LogP contribution in [0.2, 0.25) is 0 Å². The van der Waals surface area contributed by atoms with Gasteiger partial charge in [0.25, 0.3) is 0 Å². The third-order valence-corrected chi connectivity index (χ3v) is 2.12. The van der Waals surface area contributed by atoms with E-state index in [1.165, 1.54) is 7.06 Å². The molecule has 0 unspecified atom stereocenters. The maximum atomic E-state index is 11.2. The van der Waals surface area contributed by atoms with Crippen LogP contribution in [0.3, 0.4) is 0 Å². The van der Waals surface area contributed by atoms with Crippen LogP contribution in [0.5, 0.6) is 0 Å². The van der Waals surface area contributed by atoms with Crippen LogP contribution in [0.4, 0.5) is 0 Å². The zero-order valence-electron chi connectivity index (χ0n) is 11.0. The van der Waals surface area contributed by atoms with Crippen molar-refractivity contribution in [2.45, 2.75) is 13.5 Å². The number of hydrogen-bond acceptors (Lipinski definition) is 3. The molecule has 0 aliphatic heterocycles. The molecule has 0 saturated carbocycles. The van der Waals surface area contributed by atoms with Crippen LogP contribution >= 0.6 is 0 Å². The van der Waals surface area contributed by atoms with Gasteiger partial charge >= 0.3 is 5.97 Å². The van der Waals surface area contributed by atoms with E-state index in [1.807, 2.05) is 30.3 Å². The standard InChI is InChI=1S/C11H14O3.B5/c1-9(7-12)11(13)14-8-10-5-3-2-4-6-10;1-4-5(2)3/h2-6,9,12H,7-8H2,1H3;/t9-;/m1./s1. The topological polar surface area (TPSA) is 46.5 Å². The smallest absolute Gasteiger partial charge is 0.311 e. The molecule has 0 fully saturated rings. The van der Waals surface area contributed by atoms with E-state index in [9.17, 15) is 4.79 Å². The molecule has 1 aromatic rings. The zero-order chi connectivity index (χ0) is 14.7. The maximum Gasteiger partial charge on any atom is 0.311 e.